The highest BCUT2D eigenvalue weighted by molar-refractivity contribution is 5.38. The number of para-hydroxylation sites is 1. The van der Waals surface area contributed by atoms with Crippen LogP contribution in [-0.2, 0) is 13.0 Å². The van der Waals surface area contributed by atoms with E-state index in [0.29, 0.717) is 11.3 Å². The van der Waals surface area contributed by atoms with Crippen LogP contribution in [0.4, 0.5) is 13.2 Å². The standard InChI is InChI=1S/C20H18F3N3/c21-14-8-9-16(22)13(10-14)11-24-18-5-3-7-19-15(18)12-25-26(19)20-6-2-1-4-17(20)23/h1-2,4,6,8-10,12,18,24H,3,5,7,11H2/t18-/m0/s1. The molecule has 0 fully saturated rings. The molecule has 1 aliphatic rings. The second kappa shape index (κ2) is 6.96. The number of nitrogens with zero attached hydrogens (tertiary/aromatic N) is 2. The number of hydrogen-bond acceptors (Lipinski definition) is 2. The molecule has 0 spiro atoms. The molecule has 0 saturated carbocycles. The van der Waals surface area contributed by atoms with E-state index < -0.39 is 11.6 Å². The first-order valence-corrected chi connectivity index (χ1v) is 8.62. The van der Waals surface area contributed by atoms with Crippen molar-refractivity contribution < 1.29 is 13.2 Å². The largest absolute Gasteiger partial charge is 0.306 e. The third-order valence-corrected chi connectivity index (χ3v) is 4.81. The Kier molecular flexibility index (Phi) is 4.51. The van der Waals surface area contributed by atoms with Gasteiger partial charge in [-0.2, -0.15) is 5.10 Å². The maximum absolute atomic E-state index is 14.1. The van der Waals surface area contributed by atoms with Crippen molar-refractivity contribution >= 4 is 0 Å². The zero-order valence-electron chi connectivity index (χ0n) is 14.1. The van der Waals surface area contributed by atoms with E-state index in [2.05, 4.69) is 10.4 Å². The van der Waals surface area contributed by atoms with Crippen LogP contribution >= 0.6 is 0 Å². The van der Waals surface area contributed by atoms with Gasteiger partial charge in [-0.3, -0.25) is 0 Å². The number of halogens is 3. The molecule has 0 bridgehead atoms. The Balaban J connectivity index is 1.59. The topological polar surface area (TPSA) is 29.9 Å². The SMILES string of the molecule is Fc1ccc(F)c(CN[C@H]2CCCc3c2cnn3-c2ccccc2F)c1. The summed E-state index contributed by atoms with van der Waals surface area (Å²) in [7, 11) is 0. The molecule has 0 aliphatic heterocycles. The van der Waals surface area contributed by atoms with Gasteiger partial charge in [-0.1, -0.05) is 12.1 Å². The van der Waals surface area contributed by atoms with Crippen molar-refractivity contribution in [2.45, 2.75) is 31.8 Å². The van der Waals surface area contributed by atoms with Crippen LogP contribution in [0.15, 0.2) is 48.7 Å². The van der Waals surface area contributed by atoms with Gasteiger partial charge in [0.25, 0.3) is 0 Å². The van der Waals surface area contributed by atoms with Crippen LogP contribution in [0.5, 0.6) is 0 Å². The van der Waals surface area contributed by atoms with Crippen LogP contribution < -0.4 is 5.32 Å². The lowest BCUT2D eigenvalue weighted by molar-refractivity contribution is 0.447. The Hall–Kier alpha value is -2.60. The molecule has 134 valence electrons. The molecule has 3 nitrogen and oxygen atoms in total. The van der Waals surface area contributed by atoms with Gasteiger partial charge in [0.1, 0.15) is 23.1 Å². The molecular weight excluding hydrogens is 339 g/mol. The van der Waals surface area contributed by atoms with Gasteiger partial charge in [0, 0.05) is 29.4 Å². The average molecular weight is 357 g/mol. The summed E-state index contributed by atoms with van der Waals surface area (Å²) in [4.78, 5) is 0. The number of nitrogens with one attached hydrogen (secondary N) is 1. The van der Waals surface area contributed by atoms with Crippen molar-refractivity contribution in [1.29, 1.82) is 0 Å². The highest BCUT2D eigenvalue weighted by Gasteiger charge is 2.25. The number of fused-ring (bicyclic) bond motifs is 1. The van der Waals surface area contributed by atoms with Crippen molar-refractivity contribution in [3.05, 3.63) is 82.9 Å². The van der Waals surface area contributed by atoms with E-state index in [-0.39, 0.29) is 18.4 Å². The highest BCUT2D eigenvalue weighted by Crippen LogP contribution is 2.31. The lowest BCUT2D eigenvalue weighted by Crippen LogP contribution is -2.25. The van der Waals surface area contributed by atoms with Gasteiger partial charge < -0.3 is 5.32 Å². The van der Waals surface area contributed by atoms with Crippen molar-refractivity contribution in [3.8, 4) is 5.69 Å². The maximum Gasteiger partial charge on any atom is 0.148 e. The zero-order valence-corrected chi connectivity index (χ0v) is 14.1. The predicted octanol–water partition coefficient (Wildman–Crippen LogP) is 4.46. The summed E-state index contributed by atoms with van der Waals surface area (Å²) in [5.74, 6) is -1.22. The molecule has 1 aromatic heterocycles. The molecule has 1 atom stereocenters. The van der Waals surface area contributed by atoms with Crippen LogP contribution in [0.1, 0.15) is 35.7 Å². The summed E-state index contributed by atoms with van der Waals surface area (Å²) in [6.07, 6.45) is 4.32. The maximum atomic E-state index is 14.1. The monoisotopic (exact) mass is 357 g/mol. The molecule has 0 radical (unpaired) electrons. The molecule has 0 saturated heterocycles. The van der Waals surface area contributed by atoms with Gasteiger partial charge in [-0.25, -0.2) is 17.9 Å². The first kappa shape index (κ1) is 16.8. The number of rotatable bonds is 4. The lowest BCUT2D eigenvalue weighted by Gasteiger charge is -2.24. The quantitative estimate of drug-likeness (QED) is 0.747. The van der Waals surface area contributed by atoms with E-state index in [1.165, 1.54) is 12.1 Å². The van der Waals surface area contributed by atoms with Crippen LogP contribution in [0, 0.1) is 17.5 Å². The lowest BCUT2D eigenvalue weighted by atomic mass is 9.92. The van der Waals surface area contributed by atoms with Crippen molar-refractivity contribution in [2.24, 2.45) is 0 Å². The minimum Gasteiger partial charge on any atom is -0.306 e. The van der Waals surface area contributed by atoms with Crippen LogP contribution in [0.3, 0.4) is 0 Å². The summed E-state index contributed by atoms with van der Waals surface area (Å²) < 4.78 is 42.9. The number of benzene rings is 2. The summed E-state index contributed by atoms with van der Waals surface area (Å²) >= 11 is 0. The first-order valence-electron chi connectivity index (χ1n) is 8.62. The zero-order chi connectivity index (χ0) is 18.1. The summed E-state index contributed by atoms with van der Waals surface area (Å²) in [6, 6.07) is 9.95. The highest BCUT2D eigenvalue weighted by atomic mass is 19.1. The molecule has 3 aromatic rings. The fourth-order valence-corrected chi connectivity index (χ4v) is 3.51. The van der Waals surface area contributed by atoms with Gasteiger partial charge in [-0.15, -0.1) is 0 Å². The Bertz CT molecular complexity index is 936. The summed E-state index contributed by atoms with van der Waals surface area (Å²) in [6.45, 7) is 0.221. The fraction of sp³-hybridized carbons (Fsp3) is 0.250. The van der Waals surface area contributed by atoms with E-state index in [1.54, 1.807) is 29.1 Å². The normalized spacial score (nSPS) is 16.5. The van der Waals surface area contributed by atoms with E-state index in [4.69, 9.17) is 0 Å². The van der Waals surface area contributed by atoms with Crippen molar-refractivity contribution in [1.82, 2.24) is 15.1 Å². The van der Waals surface area contributed by atoms with Crippen LogP contribution in [0.25, 0.3) is 5.69 Å². The average Bonchev–Trinajstić information content (AvgIpc) is 3.07. The van der Waals surface area contributed by atoms with Crippen LogP contribution in [0.2, 0.25) is 0 Å². The molecule has 6 heteroatoms. The summed E-state index contributed by atoms with van der Waals surface area (Å²) in [5.41, 5.74) is 2.65. The molecule has 1 N–H and O–H groups in total. The van der Waals surface area contributed by atoms with E-state index >= 15 is 0 Å². The van der Waals surface area contributed by atoms with E-state index in [9.17, 15) is 13.2 Å². The molecule has 26 heavy (non-hydrogen) atoms. The second-order valence-electron chi connectivity index (χ2n) is 6.47. The van der Waals surface area contributed by atoms with Crippen molar-refractivity contribution in [3.63, 3.8) is 0 Å². The molecule has 1 aliphatic carbocycles. The predicted molar refractivity (Wildman–Crippen MR) is 92.4 cm³/mol. The Morgan fingerprint density at radius 1 is 1.08 bits per heavy atom. The summed E-state index contributed by atoms with van der Waals surface area (Å²) in [5, 5.41) is 7.66. The molecule has 1 heterocycles. The van der Waals surface area contributed by atoms with Gasteiger partial charge in [-0.05, 0) is 49.6 Å². The van der Waals surface area contributed by atoms with Gasteiger partial charge in [0.15, 0.2) is 0 Å². The van der Waals surface area contributed by atoms with Gasteiger partial charge in [0.05, 0.1) is 6.20 Å². The van der Waals surface area contributed by atoms with E-state index in [0.717, 1.165) is 42.7 Å². The Labute approximate surface area is 149 Å². The molecule has 0 unspecified atom stereocenters. The molecule has 0 amide bonds. The molecule has 4 rings (SSSR count). The third kappa shape index (κ3) is 3.12. The van der Waals surface area contributed by atoms with Gasteiger partial charge >= 0.3 is 0 Å². The van der Waals surface area contributed by atoms with Gasteiger partial charge in [0.2, 0.25) is 0 Å². The first-order chi connectivity index (χ1) is 12.6. The Morgan fingerprint density at radius 3 is 2.77 bits per heavy atom. The third-order valence-electron chi connectivity index (χ3n) is 4.81. The number of aromatic nitrogens is 2. The smallest absolute Gasteiger partial charge is 0.148 e. The minimum absolute atomic E-state index is 0.0260. The van der Waals surface area contributed by atoms with Crippen LogP contribution in [-0.4, -0.2) is 9.78 Å². The van der Waals surface area contributed by atoms with E-state index in [1.807, 2.05) is 0 Å². The molecule has 2 aromatic carbocycles. The van der Waals surface area contributed by atoms with Crippen molar-refractivity contribution in [2.75, 3.05) is 0 Å². The second-order valence-corrected chi connectivity index (χ2v) is 6.47. The number of hydrogen-bond donors (Lipinski definition) is 1. The fourth-order valence-electron chi connectivity index (χ4n) is 3.51. The Morgan fingerprint density at radius 2 is 1.92 bits per heavy atom. The molecular formula is C20H18F3N3. The minimum atomic E-state index is -0.458.